The van der Waals surface area contributed by atoms with Crippen LogP contribution < -0.4 is 5.43 Å². The van der Waals surface area contributed by atoms with Crippen LogP contribution in [0.15, 0.2) is 60.0 Å². The van der Waals surface area contributed by atoms with Gasteiger partial charge in [-0.25, -0.2) is 10.1 Å². The second-order valence-corrected chi connectivity index (χ2v) is 5.46. The van der Waals surface area contributed by atoms with Crippen molar-refractivity contribution >= 4 is 11.6 Å². The first kappa shape index (κ1) is 14.3. The third kappa shape index (κ3) is 2.67. The molecule has 0 fully saturated rings. The highest BCUT2D eigenvalue weighted by atomic mass is 16.2. The Bertz CT molecular complexity index is 899. The quantitative estimate of drug-likeness (QED) is 0.745. The number of hydrogen-bond donors (Lipinski definition) is 1. The molecular formula is C17H14N6O. The predicted octanol–water partition coefficient (Wildman–Crippen LogP) is 1.74. The first-order chi connectivity index (χ1) is 11.8. The van der Waals surface area contributed by atoms with Crippen LogP contribution in [0.25, 0.3) is 5.69 Å². The number of nitrogens with zero attached hydrogens (tertiary/aromatic N) is 5. The van der Waals surface area contributed by atoms with Gasteiger partial charge < -0.3 is 0 Å². The molecule has 0 unspecified atom stereocenters. The van der Waals surface area contributed by atoms with E-state index in [0.717, 1.165) is 29.8 Å². The zero-order valence-corrected chi connectivity index (χ0v) is 12.8. The van der Waals surface area contributed by atoms with Gasteiger partial charge in [-0.3, -0.25) is 4.79 Å². The minimum absolute atomic E-state index is 0.241. The van der Waals surface area contributed by atoms with Gasteiger partial charge in [0.05, 0.1) is 11.4 Å². The number of tetrazole rings is 1. The Hall–Kier alpha value is -3.35. The number of aromatic nitrogens is 4. The van der Waals surface area contributed by atoms with Crippen molar-refractivity contribution in [3.05, 3.63) is 71.5 Å². The highest BCUT2D eigenvalue weighted by Crippen LogP contribution is 2.21. The van der Waals surface area contributed by atoms with E-state index in [4.69, 9.17) is 0 Å². The Labute approximate surface area is 138 Å². The number of benzene rings is 2. The van der Waals surface area contributed by atoms with Crippen molar-refractivity contribution in [3.63, 3.8) is 0 Å². The zero-order valence-electron chi connectivity index (χ0n) is 12.8. The van der Waals surface area contributed by atoms with E-state index in [1.54, 1.807) is 24.3 Å². The van der Waals surface area contributed by atoms with Crippen LogP contribution in [0.5, 0.6) is 0 Å². The molecule has 3 aromatic rings. The van der Waals surface area contributed by atoms with Crippen LogP contribution in [0.2, 0.25) is 0 Å². The fourth-order valence-electron chi connectivity index (χ4n) is 2.75. The Kier molecular flexibility index (Phi) is 3.59. The summed E-state index contributed by atoms with van der Waals surface area (Å²) in [7, 11) is 0. The molecular weight excluding hydrogens is 304 g/mol. The maximum Gasteiger partial charge on any atom is 0.271 e. The predicted molar refractivity (Wildman–Crippen MR) is 87.9 cm³/mol. The number of aryl methyl sites for hydroxylation is 1. The number of hydrazone groups is 1. The minimum Gasteiger partial charge on any atom is -0.267 e. The molecule has 118 valence electrons. The second kappa shape index (κ2) is 6.04. The summed E-state index contributed by atoms with van der Waals surface area (Å²) in [5, 5.41) is 15.3. The van der Waals surface area contributed by atoms with Crippen molar-refractivity contribution in [2.24, 2.45) is 5.10 Å². The van der Waals surface area contributed by atoms with Gasteiger partial charge in [-0.15, -0.1) is 5.10 Å². The number of carbonyl (C=O) groups is 1. The molecule has 1 aromatic heterocycles. The minimum atomic E-state index is -0.241. The highest BCUT2D eigenvalue weighted by molar-refractivity contribution is 6.05. The van der Waals surface area contributed by atoms with Gasteiger partial charge in [-0.1, -0.05) is 24.3 Å². The Morgan fingerprint density at radius 2 is 1.92 bits per heavy atom. The maximum atomic E-state index is 12.2. The SMILES string of the molecule is O=C(N/N=C1\CCc2ccccc21)c1ccc(-n2cnnn2)cc1. The van der Waals surface area contributed by atoms with Crippen LogP contribution in [-0.4, -0.2) is 31.8 Å². The molecule has 0 atom stereocenters. The summed E-state index contributed by atoms with van der Waals surface area (Å²) in [5.74, 6) is -0.241. The molecule has 0 saturated carbocycles. The number of carbonyl (C=O) groups excluding carboxylic acids is 1. The lowest BCUT2D eigenvalue weighted by atomic mass is 10.1. The number of fused-ring (bicyclic) bond motifs is 1. The molecule has 1 heterocycles. The zero-order chi connectivity index (χ0) is 16.4. The summed E-state index contributed by atoms with van der Waals surface area (Å²) in [6.07, 6.45) is 3.31. The lowest BCUT2D eigenvalue weighted by Gasteiger charge is -2.04. The summed E-state index contributed by atoms with van der Waals surface area (Å²) in [6.45, 7) is 0. The van der Waals surface area contributed by atoms with Crippen molar-refractivity contribution in [2.45, 2.75) is 12.8 Å². The number of hydrogen-bond acceptors (Lipinski definition) is 5. The molecule has 0 spiro atoms. The van der Waals surface area contributed by atoms with E-state index in [2.05, 4.69) is 32.1 Å². The molecule has 0 bridgehead atoms. The van der Waals surface area contributed by atoms with Crippen molar-refractivity contribution in [1.82, 2.24) is 25.6 Å². The van der Waals surface area contributed by atoms with Gasteiger partial charge in [0.15, 0.2) is 0 Å². The van der Waals surface area contributed by atoms with Gasteiger partial charge in [-0.05, 0) is 53.1 Å². The van der Waals surface area contributed by atoms with Crippen molar-refractivity contribution in [2.75, 3.05) is 0 Å². The van der Waals surface area contributed by atoms with Crippen LogP contribution in [0.1, 0.15) is 27.9 Å². The fraction of sp³-hybridized carbons (Fsp3) is 0.118. The Balaban J connectivity index is 1.48. The molecule has 1 aliphatic rings. The van der Waals surface area contributed by atoms with Crippen LogP contribution in [-0.2, 0) is 6.42 Å². The lowest BCUT2D eigenvalue weighted by molar-refractivity contribution is 0.0955. The lowest BCUT2D eigenvalue weighted by Crippen LogP contribution is -2.19. The molecule has 1 N–H and O–H groups in total. The molecule has 4 rings (SSSR count). The van der Waals surface area contributed by atoms with E-state index < -0.39 is 0 Å². The van der Waals surface area contributed by atoms with Gasteiger partial charge in [0.2, 0.25) is 0 Å². The van der Waals surface area contributed by atoms with E-state index in [9.17, 15) is 4.79 Å². The third-order valence-electron chi connectivity index (χ3n) is 3.99. The Morgan fingerprint density at radius 1 is 1.08 bits per heavy atom. The smallest absolute Gasteiger partial charge is 0.267 e. The summed E-state index contributed by atoms with van der Waals surface area (Å²) in [5.41, 5.74) is 7.27. The average molecular weight is 318 g/mol. The number of rotatable bonds is 3. The average Bonchev–Trinajstić information content (AvgIpc) is 3.30. The monoisotopic (exact) mass is 318 g/mol. The largest absolute Gasteiger partial charge is 0.271 e. The molecule has 0 aliphatic heterocycles. The van der Waals surface area contributed by atoms with Crippen LogP contribution in [0, 0.1) is 0 Å². The van der Waals surface area contributed by atoms with Crippen LogP contribution >= 0.6 is 0 Å². The highest BCUT2D eigenvalue weighted by Gasteiger charge is 2.17. The molecule has 7 nitrogen and oxygen atoms in total. The molecule has 7 heteroatoms. The molecule has 24 heavy (non-hydrogen) atoms. The van der Waals surface area contributed by atoms with Gasteiger partial charge in [0.1, 0.15) is 6.33 Å². The molecule has 1 amide bonds. The molecule has 0 radical (unpaired) electrons. The second-order valence-electron chi connectivity index (χ2n) is 5.46. The summed E-state index contributed by atoms with van der Waals surface area (Å²) in [4.78, 5) is 12.2. The van der Waals surface area contributed by atoms with Gasteiger partial charge in [0, 0.05) is 11.1 Å². The van der Waals surface area contributed by atoms with E-state index in [1.807, 2.05) is 18.2 Å². The van der Waals surface area contributed by atoms with Gasteiger partial charge in [0.25, 0.3) is 5.91 Å². The Morgan fingerprint density at radius 3 is 2.71 bits per heavy atom. The van der Waals surface area contributed by atoms with Gasteiger partial charge in [-0.2, -0.15) is 5.10 Å². The number of amides is 1. The van der Waals surface area contributed by atoms with Crippen molar-refractivity contribution < 1.29 is 4.79 Å². The van der Waals surface area contributed by atoms with E-state index >= 15 is 0 Å². The molecule has 1 aliphatic carbocycles. The van der Waals surface area contributed by atoms with Crippen molar-refractivity contribution in [1.29, 1.82) is 0 Å². The standard InChI is InChI=1S/C17H14N6O/c24-17(13-5-8-14(9-6-13)23-11-18-21-22-23)20-19-16-10-7-12-3-1-2-4-15(12)16/h1-6,8-9,11H,7,10H2,(H,20,24)/b19-16+. The summed E-state index contributed by atoms with van der Waals surface area (Å²) in [6, 6.07) is 15.1. The fourth-order valence-corrected chi connectivity index (χ4v) is 2.75. The van der Waals surface area contributed by atoms with Crippen LogP contribution in [0.4, 0.5) is 0 Å². The maximum absolute atomic E-state index is 12.2. The third-order valence-corrected chi connectivity index (χ3v) is 3.99. The molecule has 0 saturated heterocycles. The topological polar surface area (TPSA) is 85.1 Å². The van der Waals surface area contributed by atoms with E-state index in [-0.39, 0.29) is 5.91 Å². The normalized spacial score (nSPS) is 14.6. The number of nitrogens with one attached hydrogen (secondary N) is 1. The van der Waals surface area contributed by atoms with E-state index in [1.165, 1.54) is 16.6 Å². The van der Waals surface area contributed by atoms with Gasteiger partial charge >= 0.3 is 0 Å². The summed E-state index contributed by atoms with van der Waals surface area (Å²) < 4.78 is 1.53. The van der Waals surface area contributed by atoms with Crippen LogP contribution in [0.3, 0.4) is 0 Å². The van der Waals surface area contributed by atoms with E-state index in [0.29, 0.717) is 5.56 Å². The van der Waals surface area contributed by atoms with Crippen molar-refractivity contribution in [3.8, 4) is 5.69 Å². The summed E-state index contributed by atoms with van der Waals surface area (Å²) >= 11 is 0. The first-order valence-electron chi connectivity index (χ1n) is 7.60. The first-order valence-corrected chi connectivity index (χ1v) is 7.60. The molecule has 2 aromatic carbocycles.